The largest absolute Gasteiger partial charge is 0.493 e. The molecular weight excluding hydrogens is 519 g/mol. The van der Waals surface area contributed by atoms with E-state index in [0.29, 0.717) is 25.7 Å². The van der Waals surface area contributed by atoms with Crippen LogP contribution in [-0.2, 0) is 16.0 Å². The number of nitrogens with zero attached hydrogens (tertiary/aromatic N) is 2. The average molecular weight is 563 g/mol. The van der Waals surface area contributed by atoms with Gasteiger partial charge >= 0.3 is 0 Å². The van der Waals surface area contributed by atoms with E-state index in [1.54, 1.807) is 0 Å². The molecule has 0 amide bonds. The predicted molar refractivity (Wildman–Crippen MR) is 142 cm³/mol. The molecule has 2 atom stereocenters. The molecule has 0 bridgehead atoms. The Labute approximate surface area is 211 Å². The maximum atomic E-state index is 6.16. The van der Waals surface area contributed by atoms with Crippen molar-refractivity contribution < 1.29 is 14.2 Å². The molecule has 0 spiro atoms. The first-order chi connectivity index (χ1) is 15.0. The lowest BCUT2D eigenvalue weighted by Gasteiger charge is -2.21. The van der Waals surface area contributed by atoms with E-state index in [9.17, 15) is 0 Å². The zero-order chi connectivity index (χ0) is 22.5. The Morgan fingerprint density at radius 2 is 2.09 bits per heavy atom. The van der Waals surface area contributed by atoms with Crippen molar-refractivity contribution >= 4 is 29.9 Å². The Hall–Kier alpha value is -1.10. The minimum Gasteiger partial charge on any atom is -0.493 e. The van der Waals surface area contributed by atoms with Gasteiger partial charge in [-0.1, -0.05) is 12.1 Å². The molecule has 0 aliphatic carbocycles. The third-order valence-corrected chi connectivity index (χ3v) is 5.27. The lowest BCUT2D eigenvalue weighted by atomic mass is 10.1. The molecule has 1 aliphatic rings. The summed E-state index contributed by atoms with van der Waals surface area (Å²) < 4.78 is 17.5. The van der Waals surface area contributed by atoms with Crippen LogP contribution >= 0.6 is 24.0 Å². The Morgan fingerprint density at radius 3 is 2.75 bits per heavy atom. The highest BCUT2D eigenvalue weighted by Gasteiger charge is 2.17. The van der Waals surface area contributed by atoms with Gasteiger partial charge in [0.1, 0.15) is 5.75 Å². The summed E-state index contributed by atoms with van der Waals surface area (Å²) in [6.07, 6.45) is 2.21. The first-order valence-electron chi connectivity index (χ1n) is 11.6. The Kier molecular flexibility index (Phi) is 14.9. The maximum absolute atomic E-state index is 6.16. The molecule has 0 radical (unpaired) electrons. The zero-order valence-corrected chi connectivity index (χ0v) is 22.8. The highest BCUT2D eigenvalue weighted by atomic mass is 127. The smallest absolute Gasteiger partial charge is 0.191 e. The van der Waals surface area contributed by atoms with Crippen molar-refractivity contribution in [3.05, 3.63) is 29.3 Å². The van der Waals surface area contributed by atoms with Gasteiger partial charge in [-0.05, 0) is 59.3 Å². The standard InChI is InChI=1S/C24H42N4O3.HI/c1-6-25-24(27-16-22(30-7-2)10-12-28(4)5)26-15-21-9-8-19(3)14-23(21)31-18-20-11-13-29-17-20;/h8-9,14,20,22H,6-7,10-13,15-18H2,1-5H3,(H2,25,26,27);1H. The van der Waals surface area contributed by atoms with Crippen LogP contribution in [0.25, 0.3) is 0 Å². The van der Waals surface area contributed by atoms with Gasteiger partial charge in [-0.2, -0.15) is 0 Å². The number of benzene rings is 1. The summed E-state index contributed by atoms with van der Waals surface area (Å²) >= 11 is 0. The van der Waals surface area contributed by atoms with E-state index in [2.05, 4.69) is 61.7 Å². The Morgan fingerprint density at radius 1 is 1.28 bits per heavy atom. The van der Waals surface area contributed by atoms with Crippen molar-refractivity contribution in [2.24, 2.45) is 10.9 Å². The lowest BCUT2D eigenvalue weighted by Crippen LogP contribution is -2.42. The molecule has 1 heterocycles. The molecule has 2 rings (SSSR count). The van der Waals surface area contributed by atoms with Gasteiger partial charge < -0.3 is 29.7 Å². The molecule has 7 nitrogen and oxygen atoms in total. The van der Waals surface area contributed by atoms with Crippen LogP contribution in [0.15, 0.2) is 23.2 Å². The van der Waals surface area contributed by atoms with Gasteiger partial charge in [0.2, 0.25) is 0 Å². The molecule has 1 aromatic rings. The van der Waals surface area contributed by atoms with E-state index < -0.39 is 0 Å². The highest BCUT2D eigenvalue weighted by Crippen LogP contribution is 2.23. The third-order valence-electron chi connectivity index (χ3n) is 5.27. The van der Waals surface area contributed by atoms with Crippen LogP contribution < -0.4 is 15.4 Å². The van der Waals surface area contributed by atoms with Crippen LogP contribution in [0.1, 0.15) is 37.8 Å². The molecule has 184 valence electrons. The van der Waals surface area contributed by atoms with E-state index in [1.807, 2.05) is 6.92 Å². The van der Waals surface area contributed by atoms with Gasteiger partial charge in [-0.3, -0.25) is 0 Å². The molecule has 32 heavy (non-hydrogen) atoms. The summed E-state index contributed by atoms with van der Waals surface area (Å²) in [6.45, 7) is 12.3. The number of aliphatic imine (C=N–C) groups is 1. The first-order valence-corrected chi connectivity index (χ1v) is 11.6. The molecule has 0 aromatic heterocycles. The fraction of sp³-hybridized carbons (Fsp3) is 0.708. The van der Waals surface area contributed by atoms with Crippen molar-refractivity contribution in [2.45, 2.75) is 46.3 Å². The van der Waals surface area contributed by atoms with E-state index in [4.69, 9.17) is 19.2 Å². The summed E-state index contributed by atoms with van der Waals surface area (Å²) in [5, 5.41) is 6.78. The quantitative estimate of drug-likeness (QED) is 0.218. The van der Waals surface area contributed by atoms with Gasteiger partial charge in [0.05, 0.1) is 25.9 Å². The van der Waals surface area contributed by atoms with Gasteiger partial charge in [0.15, 0.2) is 5.96 Å². The normalized spacial score (nSPS) is 17.2. The highest BCUT2D eigenvalue weighted by molar-refractivity contribution is 14.0. The van der Waals surface area contributed by atoms with Gasteiger partial charge in [0.25, 0.3) is 0 Å². The summed E-state index contributed by atoms with van der Waals surface area (Å²) in [4.78, 5) is 6.99. The fourth-order valence-corrected chi connectivity index (χ4v) is 3.45. The maximum Gasteiger partial charge on any atom is 0.191 e. The molecular formula is C24H43IN4O3. The summed E-state index contributed by atoms with van der Waals surface area (Å²) in [5.74, 6) is 2.20. The van der Waals surface area contributed by atoms with E-state index in [0.717, 1.165) is 63.0 Å². The summed E-state index contributed by atoms with van der Waals surface area (Å²) in [7, 11) is 4.17. The molecule has 1 aliphatic heterocycles. The van der Waals surface area contributed by atoms with Crippen molar-refractivity contribution in [1.82, 2.24) is 15.5 Å². The van der Waals surface area contributed by atoms with Crippen molar-refractivity contribution in [2.75, 3.05) is 60.2 Å². The van der Waals surface area contributed by atoms with Crippen LogP contribution in [0.4, 0.5) is 0 Å². The second-order valence-corrected chi connectivity index (χ2v) is 8.40. The number of hydrogen-bond donors (Lipinski definition) is 2. The molecule has 1 saturated heterocycles. The first kappa shape index (κ1) is 28.9. The number of aryl methyl sites for hydroxylation is 1. The minimum atomic E-state index is 0. The number of hydrogen-bond acceptors (Lipinski definition) is 5. The van der Waals surface area contributed by atoms with Gasteiger partial charge in [0, 0.05) is 44.3 Å². The second-order valence-electron chi connectivity index (χ2n) is 8.40. The molecule has 2 unspecified atom stereocenters. The second kappa shape index (κ2) is 16.5. The number of ether oxygens (including phenoxy) is 3. The van der Waals surface area contributed by atoms with Crippen LogP contribution in [0, 0.1) is 12.8 Å². The SMILES string of the molecule is CCNC(=NCc1ccc(C)cc1OCC1CCOC1)NCC(CCN(C)C)OCC.I. The van der Waals surface area contributed by atoms with Crippen molar-refractivity contribution in [3.63, 3.8) is 0 Å². The Bertz CT molecular complexity index is 667. The lowest BCUT2D eigenvalue weighted by molar-refractivity contribution is 0.0548. The minimum absolute atomic E-state index is 0. The van der Waals surface area contributed by atoms with Crippen LogP contribution in [0.3, 0.4) is 0 Å². The van der Waals surface area contributed by atoms with Crippen molar-refractivity contribution in [1.29, 1.82) is 0 Å². The monoisotopic (exact) mass is 562 g/mol. The number of rotatable bonds is 13. The van der Waals surface area contributed by atoms with Gasteiger partial charge in [-0.15, -0.1) is 24.0 Å². The van der Waals surface area contributed by atoms with Crippen molar-refractivity contribution in [3.8, 4) is 5.75 Å². The summed E-state index contributed by atoms with van der Waals surface area (Å²) in [5.41, 5.74) is 2.28. The average Bonchev–Trinajstić information content (AvgIpc) is 3.26. The fourth-order valence-electron chi connectivity index (χ4n) is 3.45. The van der Waals surface area contributed by atoms with E-state index >= 15 is 0 Å². The van der Waals surface area contributed by atoms with E-state index in [1.165, 1.54) is 5.56 Å². The third kappa shape index (κ3) is 11.2. The molecule has 2 N–H and O–H groups in total. The number of guanidine groups is 1. The molecule has 1 aromatic carbocycles. The van der Waals surface area contributed by atoms with Crippen LogP contribution in [-0.4, -0.2) is 77.1 Å². The molecule has 1 fully saturated rings. The van der Waals surface area contributed by atoms with E-state index in [-0.39, 0.29) is 30.1 Å². The molecule has 0 saturated carbocycles. The van der Waals surface area contributed by atoms with Crippen LogP contribution in [0.5, 0.6) is 5.75 Å². The van der Waals surface area contributed by atoms with Gasteiger partial charge in [-0.25, -0.2) is 4.99 Å². The molecule has 8 heteroatoms. The zero-order valence-electron chi connectivity index (χ0n) is 20.5. The topological polar surface area (TPSA) is 67.4 Å². The predicted octanol–water partition coefficient (Wildman–Crippen LogP) is 3.44. The summed E-state index contributed by atoms with van der Waals surface area (Å²) in [6, 6.07) is 6.33. The Balaban J connectivity index is 0.00000512. The number of halogens is 1. The number of nitrogens with one attached hydrogen (secondary N) is 2. The van der Waals surface area contributed by atoms with Crippen LogP contribution in [0.2, 0.25) is 0 Å².